The molecule has 1 N–H and O–H groups in total. The van der Waals surface area contributed by atoms with Gasteiger partial charge in [0.1, 0.15) is 0 Å². The van der Waals surface area contributed by atoms with Crippen LogP contribution in [-0.2, 0) is 6.42 Å². The number of hydrogen-bond donors (Lipinski definition) is 1. The van der Waals surface area contributed by atoms with Crippen molar-refractivity contribution in [3.63, 3.8) is 0 Å². The van der Waals surface area contributed by atoms with Crippen LogP contribution in [0.3, 0.4) is 0 Å². The summed E-state index contributed by atoms with van der Waals surface area (Å²) in [6, 6.07) is 2.24. The number of piperidine rings is 1. The van der Waals surface area contributed by atoms with Crippen LogP contribution in [0, 0.1) is 5.92 Å². The first kappa shape index (κ1) is 14.5. The average molecular weight is 331 g/mol. The topological polar surface area (TPSA) is 15.3 Å². The molecule has 1 aliphatic rings. The van der Waals surface area contributed by atoms with Crippen LogP contribution < -0.4 is 5.32 Å². The maximum Gasteiger partial charge on any atom is 0.0285 e. The Labute approximate surface area is 123 Å². The molecule has 4 heteroatoms. The highest BCUT2D eigenvalue weighted by Gasteiger charge is 2.13. The van der Waals surface area contributed by atoms with E-state index < -0.39 is 0 Å². The van der Waals surface area contributed by atoms with E-state index >= 15 is 0 Å². The summed E-state index contributed by atoms with van der Waals surface area (Å²) in [6.45, 7) is 4.86. The van der Waals surface area contributed by atoms with E-state index in [1.54, 1.807) is 0 Å². The molecule has 1 aromatic rings. The van der Waals surface area contributed by atoms with Gasteiger partial charge in [-0.1, -0.05) is 0 Å². The van der Waals surface area contributed by atoms with Gasteiger partial charge in [-0.25, -0.2) is 0 Å². The lowest BCUT2D eigenvalue weighted by Gasteiger charge is -2.25. The normalized spacial score (nSPS) is 20.5. The highest BCUT2D eigenvalue weighted by molar-refractivity contribution is 9.10. The molecule has 0 spiro atoms. The van der Waals surface area contributed by atoms with Crippen molar-refractivity contribution in [1.29, 1.82) is 0 Å². The fraction of sp³-hybridized carbons (Fsp3) is 0.714. The molecule has 0 aromatic carbocycles. The van der Waals surface area contributed by atoms with Gasteiger partial charge in [-0.3, -0.25) is 0 Å². The molecule has 0 saturated carbocycles. The Balaban J connectivity index is 1.61. The molecule has 2 rings (SSSR count). The van der Waals surface area contributed by atoms with Gasteiger partial charge in [0, 0.05) is 21.3 Å². The number of thiophene rings is 1. The van der Waals surface area contributed by atoms with Crippen molar-refractivity contribution in [2.45, 2.75) is 25.7 Å². The van der Waals surface area contributed by atoms with Crippen LogP contribution in [0.5, 0.6) is 0 Å². The molecule has 1 unspecified atom stereocenters. The number of rotatable bonds is 6. The Morgan fingerprint density at radius 2 is 2.39 bits per heavy atom. The first-order chi connectivity index (χ1) is 8.74. The van der Waals surface area contributed by atoms with E-state index in [1.165, 1.54) is 61.2 Å². The van der Waals surface area contributed by atoms with Crippen LogP contribution in [0.4, 0.5) is 0 Å². The predicted molar refractivity (Wildman–Crippen MR) is 83.4 cm³/mol. The molecule has 2 heterocycles. The summed E-state index contributed by atoms with van der Waals surface area (Å²) in [7, 11) is 2.25. The third kappa shape index (κ3) is 5.00. The van der Waals surface area contributed by atoms with Crippen LogP contribution in [0.1, 0.15) is 24.1 Å². The minimum Gasteiger partial charge on any atom is -0.316 e. The molecule has 18 heavy (non-hydrogen) atoms. The van der Waals surface area contributed by atoms with Gasteiger partial charge in [0.05, 0.1) is 0 Å². The molecule has 0 amide bonds. The second-order valence-electron chi connectivity index (χ2n) is 5.29. The van der Waals surface area contributed by atoms with Gasteiger partial charge < -0.3 is 10.2 Å². The number of halogens is 1. The number of likely N-dealkylation sites (N-methyl/N-ethyl adjacent to an activating group) is 1. The summed E-state index contributed by atoms with van der Waals surface area (Å²) in [5.41, 5.74) is 0. The molecule has 0 radical (unpaired) electrons. The van der Waals surface area contributed by atoms with E-state index in [0.29, 0.717) is 0 Å². The van der Waals surface area contributed by atoms with Crippen LogP contribution >= 0.6 is 27.3 Å². The van der Waals surface area contributed by atoms with Crippen molar-refractivity contribution < 1.29 is 0 Å². The summed E-state index contributed by atoms with van der Waals surface area (Å²) in [5.74, 6) is 0.900. The van der Waals surface area contributed by atoms with Gasteiger partial charge in [-0.2, -0.15) is 0 Å². The van der Waals surface area contributed by atoms with Crippen molar-refractivity contribution >= 4 is 27.3 Å². The van der Waals surface area contributed by atoms with Crippen molar-refractivity contribution in [2.75, 3.05) is 33.2 Å². The molecule has 0 aliphatic carbocycles. The fourth-order valence-corrected chi connectivity index (χ4v) is 3.92. The van der Waals surface area contributed by atoms with Gasteiger partial charge in [0.25, 0.3) is 0 Å². The molecule has 2 nitrogen and oxygen atoms in total. The summed E-state index contributed by atoms with van der Waals surface area (Å²) in [5, 5.41) is 5.67. The van der Waals surface area contributed by atoms with E-state index in [2.05, 4.69) is 44.6 Å². The van der Waals surface area contributed by atoms with Gasteiger partial charge >= 0.3 is 0 Å². The SMILES string of the molecule is CN(CCc1cc(Br)cs1)CCC1CCCNC1. The Hall–Kier alpha value is 0.1000. The predicted octanol–water partition coefficient (Wildman–Crippen LogP) is 3.37. The Kier molecular flexibility index (Phi) is 6.15. The average Bonchev–Trinajstić information content (AvgIpc) is 2.81. The van der Waals surface area contributed by atoms with E-state index in [4.69, 9.17) is 0 Å². The lowest BCUT2D eigenvalue weighted by Crippen LogP contribution is -2.32. The lowest BCUT2D eigenvalue weighted by molar-refractivity contribution is 0.276. The molecule has 0 bridgehead atoms. The molecule has 1 aromatic heterocycles. The van der Waals surface area contributed by atoms with Crippen LogP contribution in [0.15, 0.2) is 15.9 Å². The van der Waals surface area contributed by atoms with Gasteiger partial charge in [0.15, 0.2) is 0 Å². The van der Waals surface area contributed by atoms with Gasteiger partial charge in [0.2, 0.25) is 0 Å². The number of nitrogens with one attached hydrogen (secondary N) is 1. The zero-order valence-corrected chi connectivity index (χ0v) is 13.5. The smallest absolute Gasteiger partial charge is 0.0285 e. The van der Waals surface area contributed by atoms with Crippen molar-refractivity contribution in [1.82, 2.24) is 10.2 Å². The third-order valence-corrected chi connectivity index (χ3v) is 5.44. The fourth-order valence-electron chi connectivity index (χ4n) is 2.47. The highest BCUT2D eigenvalue weighted by Crippen LogP contribution is 2.20. The second kappa shape index (κ2) is 7.63. The molecule has 102 valence electrons. The minimum absolute atomic E-state index is 0.900. The Morgan fingerprint density at radius 3 is 3.06 bits per heavy atom. The minimum atomic E-state index is 0.900. The lowest BCUT2D eigenvalue weighted by atomic mass is 9.96. The largest absolute Gasteiger partial charge is 0.316 e. The molecule has 1 aliphatic heterocycles. The molecular formula is C14H23BrN2S. The highest BCUT2D eigenvalue weighted by atomic mass is 79.9. The number of hydrogen-bond acceptors (Lipinski definition) is 3. The van der Waals surface area contributed by atoms with Crippen LogP contribution in [-0.4, -0.2) is 38.1 Å². The molecule has 1 fully saturated rings. The molecular weight excluding hydrogens is 308 g/mol. The number of nitrogens with zero attached hydrogens (tertiary/aromatic N) is 1. The summed E-state index contributed by atoms with van der Waals surface area (Å²) in [4.78, 5) is 3.95. The maximum absolute atomic E-state index is 3.51. The summed E-state index contributed by atoms with van der Waals surface area (Å²) < 4.78 is 1.22. The van der Waals surface area contributed by atoms with Crippen LogP contribution in [0.2, 0.25) is 0 Å². The third-order valence-electron chi connectivity index (χ3n) is 3.68. The van der Waals surface area contributed by atoms with Gasteiger partial charge in [-0.15, -0.1) is 11.3 Å². The monoisotopic (exact) mass is 330 g/mol. The van der Waals surface area contributed by atoms with Crippen molar-refractivity contribution in [2.24, 2.45) is 5.92 Å². The molecule has 1 atom stereocenters. The zero-order chi connectivity index (χ0) is 12.8. The maximum atomic E-state index is 3.51. The second-order valence-corrected chi connectivity index (χ2v) is 7.20. The van der Waals surface area contributed by atoms with Gasteiger partial charge in [-0.05, 0) is 80.3 Å². The summed E-state index contributed by atoms with van der Waals surface area (Å²) in [6.07, 6.45) is 5.30. The standard InChI is InChI=1S/C14H23BrN2S/c1-17(7-4-12-3-2-6-16-10-12)8-5-14-9-13(15)11-18-14/h9,11-12,16H,2-8,10H2,1H3. The Morgan fingerprint density at radius 1 is 1.50 bits per heavy atom. The van der Waals surface area contributed by atoms with E-state index in [0.717, 1.165) is 5.92 Å². The summed E-state index contributed by atoms with van der Waals surface area (Å²) >= 11 is 5.37. The van der Waals surface area contributed by atoms with E-state index in [9.17, 15) is 0 Å². The van der Waals surface area contributed by atoms with Crippen molar-refractivity contribution in [3.05, 3.63) is 20.8 Å². The van der Waals surface area contributed by atoms with E-state index in [-0.39, 0.29) is 0 Å². The Bertz CT molecular complexity index is 347. The molecule has 1 saturated heterocycles. The first-order valence-corrected chi connectivity index (χ1v) is 8.53. The first-order valence-electron chi connectivity index (χ1n) is 6.86. The van der Waals surface area contributed by atoms with Crippen molar-refractivity contribution in [3.8, 4) is 0 Å². The zero-order valence-electron chi connectivity index (χ0n) is 11.1. The quantitative estimate of drug-likeness (QED) is 0.860. The van der Waals surface area contributed by atoms with Crippen LogP contribution in [0.25, 0.3) is 0 Å². The van der Waals surface area contributed by atoms with E-state index in [1.807, 2.05) is 11.3 Å².